The summed E-state index contributed by atoms with van der Waals surface area (Å²) in [5.41, 5.74) is 1.39. The lowest BCUT2D eigenvalue weighted by Crippen LogP contribution is -2.21. The minimum absolute atomic E-state index is 0.0463. The monoisotopic (exact) mass is 210 g/mol. The van der Waals surface area contributed by atoms with Gasteiger partial charge in [0.2, 0.25) is 0 Å². The standard InChI is InChI=1S/C11H14O2S/c1-7(12)13-10-9-8(4-5-14-9)6-11(10,2)3/h4-5,10H,6H2,1-3H3. The van der Waals surface area contributed by atoms with Crippen LogP contribution in [0, 0.1) is 5.41 Å². The van der Waals surface area contributed by atoms with Crippen molar-refractivity contribution in [2.45, 2.75) is 33.3 Å². The van der Waals surface area contributed by atoms with Crippen LogP contribution >= 0.6 is 11.3 Å². The van der Waals surface area contributed by atoms with Gasteiger partial charge in [-0.05, 0) is 23.4 Å². The van der Waals surface area contributed by atoms with Crippen molar-refractivity contribution < 1.29 is 9.53 Å². The van der Waals surface area contributed by atoms with E-state index in [0.29, 0.717) is 0 Å². The van der Waals surface area contributed by atoms with Gasteiger partial charge in [0.25, 0.3) is 0 Å². The minimum Gasteiger partial charge on any atom is -0.456 e. The van der Waals surface area contributed by atoms with Crippen LogP contribution in [0.4, 0.5) is 0 Å². The van der Waals surface area contributed by atoms with Crippen molar-refractivity contribution in [2.75, 3.05) is 0 Å². The number of esters is 1. The van der Waals surface area contributed by atoms with Crippen molar-refractivity contribution >= 4 is 17.3 Å². The van der Waals surface area contributed by atoms with Crippen molar-refractivity contribution in [3.8, 4) is 0 Å². The van der Waals surface area contributed by atoms with Crippen molar-refractivity contribution in [3.05, 3.63) is 21.9 Å². The van der Waals surface area contributed by atoms with Crippen LogP contribution in [-0.2, 0) is 16.0 Å². The van der Waals surface area contributed by atoms with Gasteiger partial charge in [0.15, 0.2) is 0 Å². The summed E-state index contributed by atoms with van der Waals surface area (Å²) >= 11 is 1.69. The van der Waals surface area contributed by atoms with E-state index in [9.17, 15) is 4.79 Å². The van der Waals surface area contributed by atoms with Crippen molar-refractivity contribution in [2.24, 2.45) is 5.41 Å². The second-order valence-corrected chi connectivity index (χ2v) is 5.41. The van der Waals surface area contributed by atoms with Crippen LogP contribution in [0.15, 0.2) is 11.4 Å². The van der Waals surface area contributed by atoms with Gasteiger partial charge < -0.3 is 4.74 Å². The van der Waals surface area contributed by atoms with Crippen molar-refractivity contribution in [3.63, 3.8) is 0 Å². The molecule has 0 saturated heterocycles. The highest BCUT2D eigenvalue weighted by Crippen LogP contribution is 2.49. The molecule has 0 fully saturated rings. The third kappa shape index (κ3) is 1.46. The normalized spacial score (nSPS) is 23.2. The molecule has 3 heteroatoms. The van der Waals surface area contributed by atoms with E-state index in [1.165, 1.54) is 17.4 Å². The second-order valence-electron chi connectivity index (χ2n) is 4.46. The van der Waals surface area contributed by atoms with E-state index in [2.05, 4.69) is 25.3 Å². The molecule has 0 bridgehead atoms. The van der Waals surface area contributed by atoms with Crippen LogP contribution in [0.5, 0.6) is 0 Å². The average Bonchev–Trinajstić information content (AvgIpc) is 2.53. The Balaban J connectivity index is 2.33. The van der Waals surface area contributed by atoms with Gasteiger partial charge >= 0.3 is 5.97 Å². The van der Waals surface area contributed by atoms with Gasteiger partial charge in [0, 0.05) is 17.2 Å². The van der Waals surface area contributed by atoms with E-state index in [-0.39, 0.29) is 17.5 Å². The van der Waals surface area contributed by atoms with Gasteiger partial charge in [-0.1, -0.05) is 13.8 Å². The lowest BCUT2D eigenvalue weighted by atomic mass is 9.88. The summed E-state index contributed by atoms with van der Waals surface area (Å²) in [5, 5.41) is 2.07. The van der Waals surface area contributed by atoms with Crippen LogP contribution in [-0.4, -0.2) is 5.97 Å². The molecule has 0 saturated carbocycles. The number of ether oxygens (including phenoxy) is 1. The maximum Gasteiger partial charge on any atom is 0.303 e. The number of rotatable bonds is 1. The first-order chi connectivity index (χ1) is 6.50. The molecule has 1 heterocycles. The zero-order valence-electron chi connectivity index (χ0n) is 8.66. The average molecular weight is 210 g/mol. The third-order valence-electron chi connectivity index (χ3n) is 2.66. The van der Waals surface area contributed by atoms with Gasteiger partial charge in [-0.2, -0.15) is 0 Å². The molecule has 14 heavy (non-hydrogen) atoms. The van der Waals surface area contributed by atoms with E-state index >= 15 is 0 Å². The summed E-state index contributed by atoms with van der Waals surface area (Å²) in [6.07, 6.45) is 0.957. The summed E-state index contributed by atoms with van der Waals surface area (Å²) in [7, 11) is 0. The van der Waals surface area contributed by atoms with Gasteiger partial charge in [0.1, 0.15) is 6.10 Å². The molecule has 1 aliphatic carbocycles. The van der Waals surface area contributed by atoms with Crippen molar-refractivity contribution in [1.29, 1.82) is 0 Å². The molecular formula is C11H14O2S. The molecule has 0 spiro atoms. The van der Waals surface area contributed by atoms with Gasteiger partial charge in [0.05, 0.1) is 0 Å². The Morgan fingerprint density at radius 1 is 1.64 bits per heavy atom. The number of carbonyl (C=O) groups is 1. The molecule has 1 unspecified atom stereocenters. The Bertz CT molecular complexity index is 365. The van der Waals surface area contributed by atoms with Crippen LogP contribution in [0.1, 0.15) is 37.3 Å². The zero-order valence-corrected chi connectivity index (χ0v) is 9.48. The molecule has 0 aromatic carbocycles. The van der Waals surface area contributed by atoms with Gasteiger partial charge in [-0.25, -0.2) is 0 Å². The summed E-state index contributed by atoms with van der Waals surface area (Å²) in [4.78, 5) is 12.2. The van der Waals surface area contributed by atoms with Crippen LogP contribution < -0.4 is 0 Å². The highest BCUT2D eigenvalue weighted by Gasteiger charge is 2.42. The Morgan fingerprint density at radius 3 is 3.00 bits per heavy atom. The number of fused-ring (bicyclic) bond motifs is 1. The molecule has 0 radical (unpaired) electrons. The highest BCUT2D eigenvalue weighted by atomic mass is 32.1. The van der Waals surface area contributed by atoms with E-state index in [0.717, 1.165) is 6.42 Å². The minimum atomic E-state index is -0.190. The Kier molecular flexibility index (Phi) is 2.14. The molecule has 1 aromatic rings. The Hall–Kier alpha value is -0.830. The fourth-order valence-corrected chi connectivity index (χ4v) is 3.20. The molecule has 0 N–H and O–H groups in total. The number of thiophene rings is 1. The Labute approximate surface area is 87.9 Å². The molecule has 1 atom stereocenters. The Morgan fingerprint density at radius 2 is 2.36 bits per heavy atom. The summed E-state index contributed by atoms with van der Waals surface area (Å²) in [6.45, 7) is 5.77. The molecule has 2 nitrogen and oxygen atoms in total. The number of carbonyl (C=O) groups excluding carboxylic acids is 1. The largest absolute Gasteiger partial charge is 0.456 e. The predicted octanol–water partition coefficient (Wildman–Crippen LogP) is 2.93. The fraction of sp³-hybridized carbons (Fsp3) is 0.545. The lowest BCUT2D eigenvalue weighted by Gasteiger charge is -2.26. The highest BCUT2D eigenvalue weighted by molar-refractivity contribution is 7.10. The molecule has 1 aromatic heterocycles. The predicted molar refractivity (Wildman–Crippen MR) is 56.3 cm³/mol. The summed E-state index contributed by atoms with van der Waals surface area (Å²) in [6, 6.07) is 2.13. The van der Waals surface area contributed by atoms with Crippen molar-refractivity contribution in [1.82, 2.24) is 0 Å². The maximum absolute atomic E-state index is 11.0. The van der Waals surface area contributed by atoms with Crippen LogP contribution in [0.3, 0.4) is 0 Å². The molecular weight excluding hydrogens is 196 g/mol. The first-order valence-corrected chi connectivity index (χ1v) is 5.62. The van der Waals surface area contributed by atoms with E-state index in [1.54, 1.807) is 11.3 Å². The summed E-state index contributed by atoms with van der Waals surface area (Å²) in [5.74, 6) is -0.190. The molecule has 0 amide bonds. The van der Waals surface area contributed by atoms with E-state index in [1.807, 2.05) is 0 Å². The molecule has 0 aliphatic heterocycles. The quantitative estimate of drug-likeness (QED) is 0.666. The maximum atomic E-state index is 11.0. The molecule has 2 rings (SSSR count). The first-order valence-electron chi connectivity index (χ1n) is 4.74. The van der Waals surface area contributed by atoms with E-state index in [4.69, 9.17) is 4.74 Å². The second kappa shape index (κ2) is 3.09. The van der Waals surface area contributed by atoms with E-state index < -0.39 is 0 Å². The first kappa shape index (κ1) is 9.71. The molecule has 76 valence electrons. The fourth-order valence-electron chi connectivity index (χ4n) is 2.04. The summed E-state index contributed by atoms with van der Waals surface area (Å²) < 4.78 is 5.38. The molecule has 1 aliphatic rings. The SMILES string of the molecule is CC(=O)OC1c2sccc2CC1(C)C. The lowest BCUT2D eigenvalue weighted by molar-refractivity contribution is -0.151. The topological polar surface area (TPSA) is 26.3 Å². The van der Waals surface area contributed by atoms with Crippen LogP contribution in [0.2, 0.25) is 0 Å². The zero-order chi connectivity index (χ0) is 10.3. The smallest absolute Gasteiger partial charge is 0.303 e. The van der Waals surface area contributed by atoms with Gasteiger partial charge in [-0.3, -0.25) is 4.79 Å². The van der Waals surface area contributed by atoms with Gasteiger partial charge in [-0.15, -0.1) is 11.3 Å². The third-order valence-corrected chi connectivity index (χ3v) is 3.66. The number of hydrogen-bond donors (Lipinski definition) is 0. The number of hydrogen-bond acceptors (Lipinski definition) is 3. The van der Waals surface area contributed by atoms with Crippen LogP contribution in [0.25, 0.3) is 0 Å².